The molecule has 328 valence electrons. The highest BCUT2D eigenvalue weighted by Gasteiger charge is 2.71. The van der Waals surface area contributed by atoms with E-state index in [1.165, 1.54) is 6.92 Å². The Kier molecular flexibility index (Phi) is 12.0. The van der Waals surface area contributed by atoms with Crippen LogP contribution in [0.5, 0.6) is 0 Å². The Morgan fingerprint density at radius 1 is 0.724 bits per heavy atom. The first kappa shape index (κ1) is 42.9. The van der Waals surface area contributed by atoms with Gasteiger partial charge in [0.1, 0.15) is 18.8 Å². The van der Waals surface area contributed by atoms with Gasteiger partial charge in [-0.1, -0.05) is 13.8 Å². The van der Waals surface area contributed by atoms with Crippen LogP contribution >= 0.6 is 0 Å². The smallest absolute Gasteiger partial charge is 0.331 e. The summed E-state index contributed by atoms with van der Waals surface area (Å²) in [5.74, 6) is -0.339. The standard InChI is InChI=1S/C43H66O15/c1-20-38(55-23(4)44)30(45)17-36(53-20)57-40-22(3)54-37(18-32(40)47)58-39-21(2)52-35(16-31(39)46)56-26-9-11-41(5)25(14-26)7-8-28-29(41)15-33(48)42(6)27(10-12-43(28,42)50)24-13-34(49)51-19-24/h13,20-22,25-33,35-40,45-48,50H,7-12,14-19H2,1-6H3/t20-,21+,22+,25-,26-,27-,28-,29+,30+,31+,32+,33+,35+,36+,37+,38+,39-,40-,41-,42-,43-/m0/s1. The van der Waals surface area contributed by atoms with Crippen molar-refractivity contribution in [2.24, 2.45) is 34.5 Å². The van der Waals surface area contributed by atoms with Crippen LogP contribution in [-0.4, -0.2) is 136 Å². The summed E-state index contributed by atoms with van der Waals surface area (Å²) in [5.41, 5.74) is -0.916. The topological polar surface area (TPSA) is 209 Å². The summed E-state index contributed by atoms with van der Waals surface area (Å²) in [6.07, 6.45) is -1.64. The van der Waals surface area contributed by atoms with Crippen molar-refractivity contribution in [3.63, 3.8) is 0 Å². The van der Waals surface area contributed by atoms with Crippen LogP contribution in [0.25, 0.3) is 0 Å². The molecule has 0 amide bonds. The molecular formula is C43H66O15. The summed E-state index contributed by atoms with van der Waals surface area (Å²) in [7, 11) is 0. The molecule has 7 fully saturated rings. The number of aliphatic hydroxyl groups is 5. The fourth-order valence-electron chi connectivity index (χ4n) is 13.1. The summed E-state index contributed by atoms with van der Waals surface area (Å²) in [5, 5.41) is 57.5. The van der Waals surface area contributed by atoms with E-state index in [-0.39, 0.29) is 61.1 Å². The zero-order valence-electron chi connectivity index (χ0n) is 34.8. The van der Waals surface area contributed by atoms with Crippen molar-refractivity contribution < 1.29 is 73.0 Å². The van der Waals surface area contributed by atoms with Gasteiger partial charge in [-0.15, -0.1) is 0 Å². The molecule has 8 rings (SSSR count). The van der Waals surface area contributed by atoms with Gasteiger partial charge in [0.05, 0.1) is 54.4 Å². The average Bonchev–Trinajstić information content (AvgIpc) is 3.70. The summed E-state index contributed by atoms with van der Waals surface area (Å²) < 4.78 is 47.6. The molecule has 5 N–H and O–H groups in total. The minimum atomic E-state index is -1.02. The predicted octanol–water partition coefficient (Wildman–Crippen LogP) is 2.79. The number of fused-ring (bicyclic) bond motifs is 5. The Hall–Kier alpha value is -1.76. The third-order valence-electron chi connectivity index (χ3n) is 16.2. The lowest BCUT2D eigenvalue weighted by Crippen LogP contribution is -2.67. The van der Waals surface area contributed by atoms with Gasteiger partial charge in [0.15, 0.2) is 25.0 Å². The van der Waals surface area contributed by atoms with Crippen molar-refractivity contribution in [3.8, 4) is 0 Å². The van der Waals surface area contributed by atoms with Gasteiger partial charge in [-0.05, 0) is 107 Å². The maximum absolute atomic E-state index is 12.6. The molecular weight excluding hydrogens is 756 g/mol. The van der Waals surface area contributed by atoms with Crippen molar-refractivity contribution >= 4 is 11.9 Å². The summed E-state index contributed by atoms with van der Waals surface area (Å²) in [6, 6.07) is 0. The molecule has 8 aliphatic rings. The van der Waals surface area contributed by atoms with Gasteiger partial charge < -0.3 is 63.4 Å². The van der Waals surface area contributed by atoms with Gasteiger partial charge in [-0.3, -0.25) is 4.79 Å². The number of aliphatic hydroxyl groups excluding tert-OH is 4. The van der Waals surface area contributed by atoms with Gasteiger partial charge in [0.25, 0.3) is 0 Å². The lowest BCUT2D eigenvalue weighted by Gasteiger charge is -2.65. The van der Waals surface area contributed by atoms with Crippen LogP contribution in [0.1, 0.15) is 112 Å². The van der Waals surface area contributed by atoms with Crippen LogP contribution in [-0.2, 0) is 47.5 Å². The van der Waals surface area contributed by atoms with Gasteiger partial charge in [-0.25, -0.2) is 4.79 Å². The molecule has 0 aromatic heterocycles. The van der Waals surface area contributed by atoms with E-state index in [1.54, 1.807) is 19.9 Å². The second-order valence-corrected chi connectivity index (χ2v) is 19.4. The Balaban J connectivity index is 0.823. The van der Waals surface area contributed by atoms with E-state index in [9.17, 15) is 35.1 Å². The highest BCUT2D eigenvalue weighted by Crippen LogP contribution is 2.70. The molecule has 58 heavy (non-hydrogen) atoms. The van der Waals surface area contributed by atoms with E-state index in [0.717, 1.165) is 44.1 Å². The average molecular weight is 823 g/mol. The van der Waals surface area contributed by atoms with Crippen molar-refractivity contribution in [3.05, 3.63) is 11.6 Å². The molecule has 0 bridgehead atoms. The summed E-state index contributed by atoms with van der Waals surface area (Å²) in [6.45, 7) is 11.2. The van der Waals surface area contributed by atoms with Crippen LogP contribution < -0.4 is 0 Å². The number of esters is 2. The Morgan fingerprint density at radius 3 is 1.83 bits per heavy atom. The molecule has 3 saturated heterocycles. The third kappa shape index (κ3) is 7.49. The monoisotopic (exact) mass is 822 g/mol. The quantitative estimate of drug-likeness (QED) is 0.176. The largest absolute Gasteiger partial charge is 0.458 e. The molecule has 4 aliphatic carbocycles. The van der Waals surface area contributed by atoms with Gasteiger partial charge in [0, 0.05) is 37.7 Å². The number of hydrogen-bond acceptors (Lipinski definition) is 15. The fourth-order valence-corrected chi connectivity index (χ4v) is 13.1. The van der Waals surface area contributed by atoms with Crippen LogP contribution in [0.4, 0.5) is 0 Å². The zero-order valence-corrected chi connectivity index (χ0v) is 34.8. The Bertz CT molecular complexity index is 1520. The third-order valence-corrected chi connectivity index (χ3v) is 16.2. The van der Waals surface area contributed by atoms with E-state index in [1.807, 2.05) is 13.8 Å². The van der Waals surface area contributed by atoms with Gasteiger partial charge in [-0.2, -0.15) is 0 Å². The SMILES string of the molecule is CC(=O)O[C@H]1[C@H](O)C[C@@H](O[C@@H]2[C@H](O)C[C@@H](O[C@@H]3[C@H](O)C[C@@H](O[C@H]4CC[C@@]5(C)[C@@H](CC[C@H]6[C@H]5C[C@@H](O)[C@]5(C)[C@H](C7=CC(=O)OC7)CC[C@]65O)C4)O[C@@H]3C)O[C@@H]2C)O[C@H]1C. The van der Waals surface area contributed by atoms with Crippen molar-refractivity contribution in [2.45, 2.75) is 204 Å². The molecule has 4 aliphatic heterocycles. The minimum absolute atomic E-state index is 0.0551. The minimum Gasteiger partial charge on any atom is -0.458 e. The number of cyclic esters (lactones) is 1. The van der Waals surface area contributed by atoms with Gasteiger partial charge in [0.2, 0.25) is 0 Å². The molecule has 0 aromatic carbocycles. The molecule has 4 saturated carbocycles. The van der Waals surface area contributed by atoms with E-state index < -0.39 is 96.9 Å². The predicted molar refractivity (Wildman–Crippen MR) is 202 cm³/mol. The van der Waals surface area contributed by atoms with Crippen molar-refractivity contribution in [2.75, 3.05) is 6.61 Å². The van der Waals surface area contributed by atoms with Gasteiger partial charge >= 0.3 is 11.9 Å². The Morgan fingerprint density at radius 2 is 1.29 bits per heavy atom. The fraction of sp³-hybridized carbons (Fsp3) is 0.907. The lowest BCUT2D eigenvalue weighted by atomic mass is 9.42. The first-order chi connectivity index (χ1) is 27.4. The molecule has 0 radical (unpaired) electrons. The number of carbonyl (C=O) groups is 2. The molecule has 15 nitrogen and oxygen atoms in total. The number of hydrogen-bond donors (Lipinski definition) is 5. The summed E-state index contributed by atoms with van der Waals surface area (Å²) >= 11 is 0. The Labute approximate surface area is 341 Å². The molecule has 0 unspecified atom stereocenters. The second-order valence-electron chi connectivity index (χ2n) is 19.4. The van der Waals surface area contributed by atoms with Crippen molar-refractivity contribution in [1.29, 1.82) is 0 Å². The zero-order chi connectivity index (χ0) is 41.5. The lowest BCUT2D eigenvalue weighted by molar-refractivity contribution is -0.336. The van der Waals surface area contributed by atoms with E-state index in [2.05, 4.69) is 6.92 Å². The highest BCUT2D eigenvalue weighted by molar-refractivity contribution is 5.85. The van der Waals surface area contributed by atoms with E-state index in [0.29, 0.717) is 18.8 Å². The first-order valence-electron chi connectivity index (χ1n) is 21.8. The molecule has 0 spiro atoms. The van der Waals surface area contributed by atoms with Crippen LogP contribution in [0.15, 0.2) is 11.6 Å². The summed E-state index contributed by atoms with van der Waals surface area (Å²) in [4.78, 5) is 23.4. The molecule has 21 atom stereocenters. The second kappa shape index (κ2) is 16.2. The van der Waals surface area contributed by atoms with E-state index >= 15 is 0 Å². The number of ether oxygens (including phenoxy) is 8. The maximum Gasteiger partial charge on any atom is 0.331 e. The normalized spacial score (nSPS) is 53.2. The molecule has 4 heterocycles. The van der Waals surface area contributed by atoms with Crippen LogP contribution in [0.3, 0.4) is 0 Å². The number of carbonyl (C=O) groups excluding carboxylic acids is 2. The van der Waals surface area contributed by atoms with E-state index in [4.69, 9.17) is 37.9 Å². The molecule has 15 heteroatoms. The highest BCUT2D eigenvalue weighted by atomic mass is 16.7. The van der Waals surface area contributed by atoms with Crippen LogP contribution in [0.2, 0.25) is 0 Å². The first-order valence-corrected chi connectivity index (χ1v) is 21.8. The number of rotatable bonds is 8. The van der Waals surface area contributed by atoms with Crippen LogP contribution in [0, 0.1) is 34.5 Å². The van der Waals surface area contributed by atoms with Crippen molar-refractivity contribution in [1.82, 2.24) is 0 Å². The molecule has 0 aromatic rings. The maximum atomic E-state index is 12.6.